The van der Waals surface area contributed by atoms with Gasteiger partial charge in [0.15, 0.2) is 0 Å². The van der Waals surface area contributed by atoms with Gasteiger partial charge in [0.05, 0.1) is 0 Å². The number of nitrogens with zero attached hydrogens (tertiary/aromatic N) is 1. The lowest BCUT2D eigenvalue weighted by atomic mass is 9.87. The van der Waals surface area contributed by atoms with E-state index in [1.54, 1.807) is 0 Å². The summed E-state index contributed by atoms with van der Waals surface area (Å²) in [4.78, 5) is 2.76. The van der Waals surface area contributed by atoms with Gasteiger partial charge in [-0.2, -0.15) is 0 Å². The van der Waals surface area contributed by atoms with E-state index >= 15 is 0 Å². The highest BCUT2D eigenvalue weighted by atomic mass is 15.2. The largest absolute Gasteiger partial charge is 0.312 e. The summed E-state index contributed by atoms with van der Waals surface area (Å²) in [5.41, 5.74) is 0.315. The maximum atomic E-state index is 3.78. The van der Waals surface area contributed by atoms with Crippen LogP contribution in [0.3, 0.4) is 0 Å². The Bertz CT molecular complexity index is 250. The van der Waals surface area contributed by atoms with E-state index in [1.165, 1.54) is 64.5 Å². The first kappa shape index (κ1) is 15.3. The predicted molar refractivity (Wildman–Crippen MR) is 83.5 cm³/mol. The van der Waals surface area contributed by atoms with E-state index in [4.69, 9.17) is 0 Å². The first-order valence-electron chi connectivity index (χ1n) is 8.63. The minimum absolute atomic E-state index is 0.315. The van der Waals surface area contributed by atoms with Crippen LogP contribution in [0.2, 0.25) is 0 Å². The summed E-state index contributed by atoms with van der Waals surface area (Å²) in [6.45, 7) is 10.9. The first-order valence-corrected chi connectivity index (χ1v) is 8.63. The van der Waals surface area contributed by atoms with Crippen molar-refractivity contribution in [3.63, 3.8) is 0 Å². The molecule has 1 N–H and O–H groups in total. The number of hydrogen-bond donors (Lipinski definition) is 1. The van der Waals surface area contributed by atoms with Crippen LogP contribution >= 0.6 is 0 Å². The van der Waals surface area contributed by atoms with Crippen LogP contribution in [-0.4, -0.2) is 36.1 Å². The predicted octanol–water partition coefficient (Wildman–Crippen LogP) is 3.81. The average molecular weight is 266 g/mol. The average Bonchev–Trinajstić information content (AvgIpc) is 3.20. The number of hydrogen-bond acceptors (Lipinski definition) is 2. The van der Waals surface area contributed by atoms with Crippen LogP contribution in [-0.2, 0) is 0 Å². The maximum Gasteiger partial charge on any atom is 0.0306 e. The van der Waals surface area contributed by atoms with Crippen LogP contribution in [0.25, 0.3) is 0 Å². The molecule has 19 heavy (non-hydrogen) atoms. The van der Waals surface area contributed by atoms with Crippen molar-refractivity contribution in [3.8, 4) is 0 Å². The zero-order chi connectivity index (χ0) is 13.7. The Morgan fingerprint density at radius 2 is 1.74 bits per heavy atom. The number of likely N-dealkylation sites (tertiary alicyclic amines) is 1. The molecule has 0 radical (unpaired) electrons. The Balaban J connectivity index is 1.93. The molecule has 1 aliphatic heterocycles. The molecule has 1 saturated heterocycles. The van der Waals surface area contributed by atoms with E-state index in [2.05, 4.69) is 31.0 Å². The van der Waals surface area contributed by atoms with Gasteiger partial charge in [-0.15, -0.1) is 0 Å². The molecule has 2 rings (SSSR count). The van der Waals surface area contributed by atoms with Crippen LogP contribution in [0.1, 0.15) is 72.1 Å². The zero-order valence-electron chi connectivity index (χ0n) is 13.4. The Morgan fingerprint density at radius 1 is 1.11 bits per heavy atom. The molecule has 0 aromatic heterocycles. The molecular formula is C17H34N2. The molecule has 0 bridgehead atoms. The van der Waals surface area contributed by atoms with Crippen LogP contribution in [0.15, 0.2) is 0 Å². The summed E-state index contributed by atoms with van der Waals surface area (Å²) in [6.07, 6.45) is 11.4. The molecule has 2 nitrogen and oxygen atoms in total. The molecule has 0 aromatic rings. The second-order valence-corrected chi connectivity index (χ2v) is 7.19. The molecule has 1 saturated carbocycles. The van der Waals surface area contributed by atoms with Gasteiger partial charge in [-0.3, -0.25) is 4.90 Å². The normalized spacial score (nSPS) is 24.2. The van der Waals surface area contributed by atoms with Crippen molar-refractivity contribution in [2.24, 2.45) is 5.92 Å². The summed E-state index contributed by atoms with van der Waals surface area (Å²) in [6, 6.07) is 0.663. The fraction of sp³-hybridized carbons (Fsp3) is 1.00. The highest BCUT2D eigenvalue weighted by molar-refractivity contribution is 4.95. The van der Waals surface area contributed by atoms with E-state index in [1.807, 2.05) is 0 Å². The molecule has 2 fully saturated rings. The molecule has 2 heteroatoms. The van der Waals surface area contributed by atoms with Crippen molar-refractivity contribution in [1.29, 1.82) is 0 Å². The Morgan fingerprint density at radius 3 is 2.26 bits per heavy atom. The highest BCUT2D eigenvalue weighted by Gasteiger charge is 2.35. The third-order valence-corrected chi connectivity index (χ3v) is 5.28. The summed E-state index contributed by atoms with van der Waals surface area (Å²) >= 11 is 0. The van der Waals surface area contributed by atoms with Crippen LogP contribution < -0.4 is 5.32 Å². The van der Waals surface area contributed by atoms with Gasteiger partial charge in [0, 0.05) is 11.6 Å². The van der Waals surface area contributed by atoms with Gasteiger partial charge in [0.25, 0.3) is 0 Å². The van der Waals surface area contributed by atoms with Crippen LogP contribution in [0, 0.1) is 5.92 Å². The lowest BCUT2D eigenvalue weighted by Gasteiger charge is -2.44. The van der Waals surface area contributed by atoms with E-state index in [0.717, 1.165) is 12.5 Å². The minimum Gasteiger partial charge on any atom is -0.312 e. The summed E-state index contributed by atoms with van der Waals surface area (Å²) < 4.78 is 0. The van der Waals surface area contributed by atoms with Crippen molar-refractivity contribution < 1.29 is 0 Å². The molecule has 0 spiro atoms. The van der Waals surface area contributed by atoms with Crippen molar-refractivity contribution in [1.82, 2.24) is 10.2 Å². The van der Waals surface area contributed by atoms with E-state index in [0.29, 0.717) is 11.6 Å². The number of nitrogens with one attached hydrogen (secondary N) is 1. The first-order chi connectivity index (χ1) is 9.14. The molecule has 1 unspecified atom stereocenters. The lowest BCUT2D eigenvalue weighted by molar-refractivity contribution is 0.0792. The van der Waals surface area contributed by atoms with E-state index in [-0.39, 0.29) is 0 Å². The monoisotopic (exact) mass is 266 g/mol. The van der Waals surface area contributed by atoms with Crippen LogP contribution in [0.4, 0.5) is 0 Å². The Hall–Kier alpha value is -0.0800. The maximum absolute atomic E-state index is 3.78. The van der Waals surface area contributed by atoms with Crippen molar-refractivity contribution in [2.75, 3.05) is 19.6 Å². The van der Waals surface area contributed by atoms with Gasteiger partial charge < -0.3 is 5.32 Å². The van der Waals surface area contributed by atoms with Gasteiger partial charge >= 0.3 is 0 Å². The second kappa shape index (κ2) is 7.08. The highest BCUT2D eigenvalue weighted by Crippen LogP contribution is 2.35. The molecule has 2 aliphatic rings. The summed E-state index contributed by atoms with van der Waals surface area (Å²) in [5.74, 6) is 1.06. The van der Waals surface area contributed by atoms with Crippen molar-refractivity contribution >= 4 is 0 Å². The molecule has 1 aliphatic carbocycles. The SMILES string of the molecule is CCNC(CCC1CC1)C(C)(C)N1CCCCCC1. The topological polar surface area (TPSA) is 15.3 Å². The number of rotatable bonds is 7. The smallest absolute Gasteiger partial charge is 0.0306 e. The third-order valence-electron chi connectivity index (χ3n) is 5.28. The zero-order valence-corrected chi connectivity index (χ0v) is 13.4. The minimum atomic E-state index is 0.315. The Labute approximate surface area is 120 Å². The second-order valence-electron chi connectivity index (χ2n) is 7.19. The summed E-state index contributed by atoms with van der Waals surface area (Å²) in [5, 5.41) is 3.78. The van der Waals surface area contributed by atoms with Gasteiger partial charge in [-0.1, -0.05) is 32.6 Å². The quantitative estimate of drug-likeness (QED) is 0.754. The van der Waals surface area contributed by atoms with Gasteiger partial charge in [-0.25, -0.2) is 0 Å². The molecule has 1 atom stereocenters. The molecule has 1 heterocycles. The molecular weight excluding hydrogens is 232 g/mol. The molecule has 0 aromatic carbocycles. The van der Waals surface area contributed by atoms with Crippen molar-refractivity contribution in [3.05, 3.63) is 0 Å². The fourth-order valence-electron chi connectivity index (χ4n) is 3.63. The third kappa shape index (κ3) is 4.46. The van der Waals surface area contributed by atoms with E-state index in [9.17, 15) is 0 Å². The fourth-order valence-corrected chi connectivity index (χ4v) is 3.63. The van der Waals surface area contributed by atoms with Crippen LogP contribution in [0.5, 0.6) is 0 Å². The van der Waals surface area contributed by atoms with Gasteiger partial charge in [0.2, 0.25) is 0 Å². The van der Waals surface area contributed by atoms with Gasteiger partial charge in [0.1, 0.15) is 0 Å². The summed E-state index contributed by atoms with van der Waals surface area (Å²) in [7, 11) is 0. The lowest BCUT2D eigenvalue weighted by Crippen LogP contribution is -2.58. The van der Waals surface area contributed by atoms with E-state index < -0.39 is 0 Å². The number of likely N-dealkylation sites (N-methyl/N-ethyl adjacent to an activating group) is 1. The molecule has 112 valence electrons. The molecule has 0 amide bonds. The van der Waals surface area contributed by atoms with Crippen molar-refractivity contribution in [2.45, 2.75) is 83.7 Å². The standard InChI is InChI=1S/C17H34N2/c1-4-18-16(12-11-15-9-10-15)17(2,3)19-13-7-5-6-8-14-19/h15-16,18H,4-14H2,1-3H3. The Kier molecular flexibility index (Phi) is 5.70. The van der Waals surface area contributed by atoms with Gasteiger partial charge in [-0.05, 0) is 65.1 Å².